The zero-order chi connectivity index (χ0) is 21.3. The lowest BCUT2D eigenvalue weighted by Gasteiger charge is -2.20. The number of hydrogen-bond donors (Lipinski definition) is 1. The maximum Gasteiger partial charge on any atom is 0.305 e. The molecule has 0 saturated carbocycles. The fourth-order valence-corrected chi connectivity index (χ4v) is 4.42. The van der Waals surface area contributed by atoms with E-state index in [9.17, 15) is 13.2 Å². The van der Waals surface area contributed by atoms with E-state index in [2.05, 4.69) is 9.46 Å². The monoisotopic (exact) mass is 437 g/mol. The Hall–Kier alpha value is -1.89. The Morgan fingerprint density at radius 2 is 1.62 bits per heavy atom. The van der Waals surface area contributed by atoms with Gasteiger partial charge in [-0.05, 0) is 49.6 Å². The summed E-state index contributed by atoms with van der Waals surface area (Å²) in [5, 5.41) is 0.492. The second-order valence-electron chi connectivity index (χ2n) is 7.07. The minimum atomic E-state index is -3.67. The average molecular weight is 438 g/mol. The van der Waals surface area contributed by atoms with Crippen molar-refractivity contribution < 1.29 is 17.9 Å². The van der Waals surface area contributed by atoms with E-state index in [1.807, 2.05) is 31.2 Å². The summed E-state index contributed by atoms with van der Waals surface area (Å²) < 4.78 is 33.1. The van der Waals surface area contributed by atoms with Crippen LogP contribution < -0.4 is 4.72 Å². The lowest BCUT2D eigenvalue weighted by molar-refractivity contribution is -0.140. The van der Waals surface area contributed by atoms with Crippen LogP contribution in [0.2, 0.25) is 5.02 Å². The van der Waals surface area contributed by atoms with Gasteiger partial charge in [0.1, 0.15) is 0 Å². The molecule has 0 aliphatic rings. The van der Waals surface area contributed by atoms with Gasteiger partial charge in [-0.1, -0.05) is 60.7 Å². The Bertz CT molecular complexity index is 880. The normalized spacial score (nSPS) is 12.5. The molecule has 0 aliphatic carbocycles. The summed E-state index contributed by atoms with van der Waals surface area (Å²) in [6.45, 7) is 2.00. The van der Waals surface area contributed by atoms with Crippen molar-refractivity contribution in [2.24, 2.45) is 0 Å². The van der Waals surface area contributed by atoms with Crippen molar-refractivity contribution in [3.63, 3.8) is 0 Å². The average Bonchev–Trinajstić information content (AvgIpc) is 2.70. The molecule has 2 rings (SSSR count). The van der Waals surface area contributed by atoms with Gasteiger partial charge in [0.15, 0.2) is 0 Å². The first-order valence-corrected chi connectivity index (χ1v) is 11.6. The second kappa shape index (κ2) is 11.3. The van der Waals surface area contributed by atoms with Crippen LogP contribution in [-0.4, -0.2) is 21.5 Å². The smallest absolute Gasteiger partial charge is 0.305 e. The SMILES string of the molecule is COC(=O)CCCCCCC(NS(=O)(=O)c1ccc(Cl)cc1)c1ccc(C)cc1. The number of rotatable bonds is 11. The molecule has 2 aromatic carbocycles. The molecule has 158 valence electrons. The molecule has 5 nitrogen and oxygen atoms in total. The minimum Gasteiger partial charge on any atom is -0.469 e. The molecule has 0 bridgehead atoms. The van der Waals surface area contributed by atoms with Crippen LogP contribution in [0.4, 0.5) is 0 Å². The summed E-state index contributed by atoms with van der Waals surface area (Å²) in [6, 6.07) is 13.7. The van der Waals surface area contributed by atoms with Crippen LogP contribution in [0.5, 0.6) is 0 Å². The Morgan fingerprint density at radius 3 is 2.24 bits per heavy atom. The molecule has 1 unspecified atom stereocenters. The topological polar surface area (TPSA) is 72.5 Å². The molecule has 1 N–H and O–H groups in total. The van der Waals surface area contributed by atoms with Crippen molar-refractivity contribution >= 4 is 27.6 Å². The van der Waals surface area contributed by atoms with Crippen LogP contribution in [0.3, 0.4) is 0 Å². The molecule has 29 heavy (non-hydrogen) atoms. The van der Waals surface area contributed by atoms with Gasteiger partial charge in [0, 0.05) is 17.5 Å². The molecule has 0 saturated heterocycles. The molecule has 0 amide bonds. The van der Waals surface area contributed by atoms with Gasteiger partial charge >= 0.3 is 5.97 Å². The summed E-state index contributed by atoms with van der Waals surface area (Å²) in [7, 11) is -2.28. The number of carbonyl (C=O) groups excluding carboxylic acids is 1. The summed E-state index contributed by atoms with van der Waals surface area (Å²) >= 11 is 5.87. The van der Waals surface area contributed by atoms with Crippen LogP contribution in [0.15, 0.2) is 53.4 Å². The molecule has 0 radical (unpaired) electrons. The summed E-state index contributed by atoms with van der Waals surface area (Å²) in [5.41, 5.74) is 2.05. The number of unbranched alkanes of at least 4 members (excludes halogenated alkanes) is 3. The van der Waals surface area contributed by atoms with Gasteiger partial charge in [0.2, 0.25) is 10.0 Å². The maximum atomic E-state index is 12.8. The van der Waals surface area contributed by atoms with Gasteiger partial charge in [-0.2, -0.15) is 0 Å². The number of halogens is 1. The highest BCUT2D eigenvalue weighted by Gasteiger charge is 2.21. The van der Waals surface area contributed by atoms with E-state index in [0.717, 1.165) is 36.8 Å². The van der Waals surface area contributed by atoms with Crippen molar-refractivity contribution in [2.45, 2.75) is 56.4 Å². The van der Waals surface area contributed by atoms with Crippen LogP contribution in [0.1, 0.15) is 55.7 Å². The van der Waals surface area contributed by atoms with Gasteiger partial charge < -0.3 is 4.74 Å². The molecule has 1 atom stereocenters. The van der Waals surface area contributed by atoms with E-state index in [0.29, 0.717) is 17.9 Å². The number of aryl methyl sites for hydroxylation is 1. The molecule has 2 aromatic rings. The van der Waals surface area contributed by atoms with Crippen molar-refractivity contribution in [1.82, 2.24) is 4.72 Å². The zero-order valence-electron chi connectivity index (χ0n) is 16.9. The summed E-state index contributed by atoms with van der Waals surface area (Å²) in [4.78, 5) is 11.4. The quantitative estimate of drug-likeness (QED) is 0.388. The molecule has 0 aliphatic heterocycles. The third kappa shape index (κ3) is 7.80. The van der Waals surface area contributed by atoms with Gasteiger partial charge in [0.05, 0.1) is 12.0 Å². The molecule has 7 heteroatoms. The van der Waals surface area contributed by atoms with Crippen LogP contribution in [0.25, 0.3) is 0 Å². The first kappa shape index (κ1) is 23.4. The number of esters is 1. The van der Waals surface area contributed by atoms with E-state index < -0.39 is 10.0 Å². The fourth-order valence-electron chi connectivity index (χ4n) is 3.03. The lowest BCUT2D eigenvalue weighted by Crippen LogP contribution is -2.28. The molecule has 0 heterocycles. The van der Waals surface area contributed by atoms with E-state index in [1.54, 1.807) is 12.1 Å². The highest BCUT2D eigenvalue weighted by atomic mass is 35.5. The Labute approximate surface area is 178 Å². The first-order valence-electron chi connectivity index (χ1n) is 9.73. The number of methoxy groups -OCH3 is 1. The number of sulfonamides is 1. The second-order valence-corrected chi connectivity index (χ2v) is 9.22. The molecule has 0 fully saturated rings. The van der Waals surface area contributed by atoms with Gasteiger partial charge in [0.25, 0.3) is 0 Å². The van der Waals surface area contributed by atoms with Gasteiger partial charge in [-0.15, -0.1) is 0 Å². The van der Waals surface area contributed by atoms with Gasteiger partial charge in [-0.3, -0.25) is 4.79 Å². The van der Waals surface area contributed by atoms with Crippen molar-refractivity contribution in [3.05, 3.63) is 64.7 Å². The lowest BCUT2D eigenvalue weighted by atomic mass is 10.00. The largest absolute Gasteiger partial charge is 0.469 e. The maximum absolute atomic E-state index is 12.8. The predicted octanol–water partition coefficient (Wildman–Crippen LogP) is 5.18. The van der Waals surface area contributed by atoms with Crippen LogP contribution in [0, 0.1) is 6.92 Å². The van der Waals surface area contributed by atoms with E-state index in [-0.39, 0.29) is 16.9 Å². The third-order valence-electron chi connectivity index (χ3n) is 4.75. The van der Waals surface area contributed by atoms with E-state index >= 15 is 0 Å². The first-order chi connectivity index (χ1) is 13.8. The predicted molar refractivity (Wildman–Crippen MR) is 115 cm³/mol. The highest BCUT2D eigenvalue weighted by Crippen LogP contribution is 2.24. The Balaban J connectivity index is 2.02. The van der Waals surface area contributed by atoms with E-state index in [1.165, 1.54) is 19.2 Å². The minimum absolute atomic E-state index is 0.192. The molecular weight excluding hydrogens is 410 g/mol. The number of hydrogen-bond acceptors (Lipinski definition) is 4. The number of ether oxygens (including phenoxy) is 1. The molecule has 0 spiro atoms. The van der Waals surface area contributed by atoms with Crippen LogP contribution >= 0.6 is 11.6 Å². The summed E-state index contributed by atoms with van der Waals surface area (Å²) in [5.74, 6) is -0.196. The van der Waals surface area contributed by atoms with Crippen molar-refractivity contribution in [3.8, 4) is 0 Å². The Morgan fingerprint density at radius 1 is 1.00 bits per heavy atom. The van der Waals surface area contributed by atoms with Crippen LogP contribution in [-0.2, 0) is 19.6 Å². The van der Waals surface area contributed by atoms with Crippen molar-refractivity contribution in [2.75, 3.05) is 7.11 Å². The van der Waals surface area contributed by atoms with Crippen molar-refractivity contribution in [1.29, 1.82) is 0 Å². The van der Waals surface area contributed by atoms with Gasteiger partial charge in [-0.25, -0.2) is 13.1 Å². The molecular formula is C22H28ClNO4S. The number of benzene rings is 2. The fraction of sp³-hybridized carbons (Fsp3) is 0.409. The third-order valence-corrected chi connectivity index (χ3v) is 6.49. The number of nitrogens with one attached hydrogen (secondary N) is 1. The Kier molecular flexibility index (Phi) is 9.14. The van der Waals surface area contributed by atoms with E-state index in [4.69, 9.17) is 11.6 Å². The standard InChI is InChI=1S/C22H28ClNO4S/c1-17-9-11-18(12-10-17)21(7-5-3-4-6-8-22(25)28-2)24-29(26,27)20-15-13-19(23)14-16-20/h9-16,21,24H,3-8H2,1-2H3. The zero-order valence-corrected chi connectivity index (χ0v) is 18.4. The summed E-state index contributed by atoms with van der Waals surface area (Å²) in [6.07, 6.45) is 4.54. The highest BCUT2D eigenvalue weighted by molar-refractivity contribution is 7.89. The number of carbonyl (C=O) groups is 1. The molecule has 0 aromatic heterocycles.